The predicted octanol–water partition coefficient (Wildman–Crippen LogP) is 3.48. The molecule has 1 aromatic carbocycles. The van der Waals surface area contributed by atoms with Gasteiger partial charge in [0.2, 0.25) is 0 Å². The summed E-state index contributed by atoms with van der Waals surface area (Å²) in [5, 5.41) is 6.62. The third-order valence-electron chi connectivity index (χ3n) is 5.66. The first-order valence-corrected chi connectivity index (χ1v) is 9.88. The Balaban J connectivity index is 1.66. The van der Waals surface area contributed by atoms with E-state index in [4.69, 9.17) is 11.5 Å². The Morgan fingerprint density at radius 3 is 2.77 bits per heavy atom. The van der Waals surface area contributed by atoms with Crippen LogP contribution in [0.15, 0.2) is 36.5 Å². The molecule has 0 spiro atoms. The van der Waals surface area contributed by atoms with Gasteiger partial charge < -0.3 is 26.7 Å². The van der Waals surface area contributed by atoms with Gasteiger partial charge in [-0.3, -0.25) is 4.79 Å². The van der Waals surface area contributed by atoms with E-state index < -0.39 is 29.7 Å². The number of halogens is 3. The predicted molar refractivity (Wildman–Crippen MR) is 113 cm³/mol. The van der Waals surface area contributed by atoms with Crippen LogP contribution in [0.25, 0.3) is 10.9 Å². The van der Waals surface area contributed by atoms with Crippen LogP contribution in [0.5, 0.6) is 0 Å². The summed E-state index contributed by atoms with van der Waals surface area (Å²) < 4.78 is 44.5. The lowest BCUT2D eigenvalue weighted by Crippen LogP contribution is -2.55. The summed E-state index contributed by atoms with van der Waals surface area (Å²) >= 11 is 0. The highest BCUT2D eigenvalue weighted by molar-refractivity contribution is 5.99. The maximum atomic E-state index is 14.6. The fourth-order valence-corrected chi connectivity index (χ4v) is 3.91. The molecule has 31 heavy (non-hydrogen) atoms. The van der Waals surface area contributed by atoms with Crippen LogP contribution < -0.4 is 22.1 Å². The number of pyridine rings is 1. The summed E-state index contributed by atoms with van der Waals surface area (Å²) in [7, 11) is 1.92. The van der Waals surface area contributed by atoms with Crippen LogP contribution in [-0.4, -0.2) is 33.5 Å². The second-order valence-corrected chi connectivity index (χ2v) is 7.83. The fourth-order valence-electron chi connectivity index (χ4n) is 3.91. The number of hydrogen-bond acceptors (Lipinski definition) is 5. The summed E-state index contributed by atoms with van der Waals surface area (Å²) in [5.74, 6) is -5.05. The summed E-state index contributed by atoms with van der Waals surface area (Å²) in [4.78, 5) is 16.0. The first kappa shape index (κ1) is 21.0. The number of nitrogens with zero attached hydrogens (tertiary/aromatic N) is 2. The smallest absolute Gasteiger partial charge is 0.264 e. The van der Waals surface area contributed by atoms with E-state index in [1.54, 1.807) is 6.07 Å². The molecular formula is C21H23F3N6O. The number of carbonyl (C=O) groups is 1. The van der Waals surface area contributed by atoms with Crippen molar-refractivity contribution in [2.45, 2.75) is 37.3 Å². The summed E-state index contributed by atoms with van der Waals surface area (Å²) in [6.45, 7) is 0. The van der Waals surface area contributed by atoms with Crippen molar-refractivity contribution < 1.29 is 18.0 Å². The molecule has 2 atom stereocenters. The monoisotopic (exact) mass is 432 g/mol. The standard InChI is InChI=1S/C21H23F3N6O/c1-30-8-6-11-9-12(4-5-16(11)30)27-19-13(18(26)31)10-14(22)20(29-19)28-15-3-2-7-21(23,24)17(15)25/h4-6,8-10,15,17H,2-3,7,25H2,1H3,(H2,26,31)(H2,27,28,29). The Kier molecular flexibility index (Phi) is 5.26. The fraction of sp³-hybridized carbons (Fsp3) is 0.333. The van der Waals surface area contributed by atoms with E-state index in [1.165, 1.54) is 0 Å². The van der Waals surface area contributed by atoms with Gasteiger partial charge in [0.1, 0.15) is 5.82 Å². The number of nitrogens with one attached hydrogen (secondary N) is 2. The van der Waals surface area contributed by atoms with Crippen LogP contribution >= 0.6 is 0 Å². The van der Waals surface area contributed by atoms with Crippen LogP contribution in [-0.2, 0) is 7.05 Å². The maximum absolute atomic E-state index is 14.6. The zero-order chi connectivity index (χ0) is 22.3. The van der Waals surface area contributed by atoms with E-state index in [-0.39, 0.29) is 30.0 Å². The number of carbonyl (C=O) groups excluding carboxylic acids is 1. The van der Waals surface area contributed by atoms with E-state index in [0.29, 0.717) is 12.1 Å². The number of hydrogen-bond donors (Lipinski definition) is 4. The number of primary amides is 1. The molecule has 2 heterocycles. The molecule has 3 aromatic rings. The van der Waals surface area contributed by atoms with Gasteiger partial charge in [0.15, 0.2) is 11.6 Å². The Hall–Kier alpha value is -3.27. The van der Waals surface area contributed by atoms with Crippen molar-refractivity contribution in [3.05, 3.63) is 47.9 Å². The zero-order valence-electron chi connectivity index (χ0n) is 16.8. The van der Waals surface area contributed by atoms with Gasteiger partial charge in [0.25, 0.3) is 11.8 Å². The number of fused-ring (bicyclic) bond motifs is 1. The minimum absolute atomic E-state index is 0.0165. The highest BCUT2D eigenvalue weighted by Crippen LogP contribution is 2.34. The molecule has 1 aliphatic rings. The minimum atomic E-state index is -3.05. The molecule has 1 amide bonds. The molecule has 164 valence electrons. The molecule has 0 radical (unpaired) electrons. The van der Waals surface area contributed by atoms with Gasteiger partial charge in [-0.05, 0) is 43.2 Å². The number of benzene rings is 1. The van der Waals surface area contributed by atoms with Gasteiger partial charge in [-0.15, -0.1) is 0 Å². The molecule has 0 saturated heterocycles. The second kappa shape index (κ2) is 7.77. The molecule has 10 heteroatoms. The molecule has 1 aliphatic carbocycles. The lowest BCUT2D eigenvalue weighted by molar-refractivity contribution is -0.0555. The van der Waals surface area contributed by atoms with Crippen molar-refractivity contribution in [1.82, 2.24) is 9.55 Å². The lowest BCUT2D eigenvalue weighted by atomic mass is 9.87. The largest absolute Gasteiger partial charge is 0.365 e. The van der Waals surface area contributed by atoms with E-state index in [0.717, 1.165) is 17.0 Å². The van der Waals surface area contributed by atoms with Crippen molar-refractivity contribution in [2.75, 3.05) is 10.6 Å². The van der Waals surface area contributed by atoms with Gasteiger partial charge in [0.05, 0.1) is 11.6 Å². The lowest BCUT2D eigenvalue weighted by Gasteiger charge is -2.36. The number of aromatic nitrogens is 2. The third-order valence-corrected chi connectivity index (χ3v) is 5.66. The van der Waals surface area contributed by atoms with Crippen LogP contribution in [0.4, 0.5) is 30.5 Å². The molecule has 1 saturated carbocycles. The Morgan fingerprint density at radius 1 is 1.26 bits per heavy atom. The molecule has 2 unspecified atom stereocenters. The van der Waals surface area contributed by atoms with Crippen LogP contribution in [0, 0.1) is 5.82 Å². The summed E-state index contributed by atoms with van der Waals surface area (Å²) in [5.41, 5.74) is 12.5. The number of amides is 1. The number of aryl methyl sites for hydroxylation is 1. The molecule has 7 nitrogen and oxygen atoms in total. The molecule has 1 fully saturated rings. The first-order valence-electron chi connectivity index (χ1n) is 9.88. The van der Waals surface area contributed by atoms with E-state index in [9.17, 15) is 18.0 Å². The number of rotatable bonds is 5. The highest BCUT2D eigenvalue weighted by atomic mass is 19.3. The van der Waals surface area contributed by atoms with Crippen molar-refractivity contribution in [3.63, 3.8) is 0 Å². The minimum Gasteiger partial charge on any atom is -0.365 e. The zero-order valence-corrected chi connectivity index (χ0v) is 16.8. The topological polar surface area (TPSA) is 111 Å². The number of anilines is 3. The Morgan fingerprint density at radius 2 is 2.03 bits per heavy atom. The number of alkyl halides is 2. The third kappa shape index (κ3) is 4.02. The van der Waals surface area contributed by atoms with E-state index in [2.05, 4.69) is 15.6 Å². The second-order valence-electron chi connectivity index (χ2n) is 7.83. The van der Waals surface area contributed by atoms with Gasteiger partial charge in [-0.2, -0.15) is 0 Å². The summed E-state index contributed by atoms with van der Waals surface area (Å²) in [6.07, 6.45) is 2.20. The normalized spacial score (nSPS) is 20.5. The SMILES string of the molecule is Cn1ccc2cc(Nc3nc(NC4CCCC(F)(F)C4N)c(F)cc3C(N)=O)ccc21. The van der Waals surface area contributed by atoms with Gasteiger partial charge in [-0.25, -0.2) is 18.2 Å². The highest BCUT2D eigenvalue weighted by Gasteiger charge is 2.45. The molecule has 0 bridgehead atoms. The van der Waals surface area contributed by atoms with Crippen molar-refractivity contribution in [2.24, 2.45) is 18.5 Å². The molecule has 2 aromatic heterocycles. The van der Waals surface area contributed by atoms with Gasteiger partial charge >= 0.3 is 0 Å². The quantitative estimate of drug-likeness (QED) is 0.493. The average Bonchev–Trinajstić information content (AvgIpc) is 3.07. The van der Waals surface area contributed by atoms with E-state index in [1.807, 2.05) is 36.0 Å². The van der Waals surface area contributed by atoms with Crippen molar-refractivity contribution in [1.29, 1.82) is 0 Å². The van der Waals surface area contributed by atoms with Crippen LogP contribution in [0.1, 0.15) is 29.6 Å². The molecule has 6 N–H and O–H groups in total. The molecular weight excluding hydrogens is 409 g/mol. The van der Waals surface area contributed by atoms with Gasteiger partial charge in [0, 0.05) is 42.3 Å². The molecule has 0 aliphatic heterocycles. The van der Waals surface area contributed by atoms with E-state index >= 15 is 0 Å². The van der Waals surface area contributed by atoms with Crippen molar-refractivity contribution in [3.8, 4) is 0 Å². The maximum Gasteiger partial charge on any atom is 0.264 e. The first-order chi connectivity index (χ1) is 14.7. The van der Waals surface area contributed by atoms with Gasteiger partial charge in [-0.1, -0.05) is 0 Å². The summed E-state index contributed by atoms with van der Waals surface area (Å²) in [6, 6.07) is 6.03. The Labute approximate surface area is 176 Å². The average molecular weight is 432 g/mol. The van der Waals surface area contributed by atoms with Crippen LogP contribution in [0.2, 0.25) is 0 Å². The molecule has 4 rings (SSSR count). The Bertz CT molecular complexity index is 1150. The van der Waals surface area contributed by atoms with Crippen LogP contribution in [0.3, 0.4) is 0 Å². The number of nitrogens with two attached hydrogens (primary N) is 2. The van der Waals surface area contributed by atoms with Crippen molar-refractivity contribution >= 4 is 34.1 Å².